The lowest BCUT2D eigenvalue weighted by Crippen LogP contribution is -2.57. The second kappa shape index (κ2) is 4.97. The van der Waals surface area contributed by atoms with Crippen LogP contribution in [0.5, 0.6) is 0 Å². The molecule has 5 atom stereocenters. The summed E-state index contributed by atoms with van der Waals surface area (Å²) < 4.78 is 0. The largest absolute Gasteiger partial charge is 0.392 e. The van der Waals surface area contributed by atoms with Gasteiger partial charge < -0.3 is 10.4 Å². The molecule has 3 nitrogen and oxygen atoms in total. The molecule has 1 saturated carbocycles. The standard InChI is InChI=1S/C16H21NO2/c1-10-7-8-13-12(9-10)15(18)14(16(19)17-13)11-5-3-2-4-6-11/h2-6,10,12-15,18H,7-9H2,1H3,(H,17,19). The minimum Gasteiger partial charge on any atom is -0.392 e. The number of nitrogens with one attached hydrogen (secondary N) is 1. The Kier molecular flexibility index (Phi) is 3.31. The number of carbonyl (C=O) groups is 1. The molecule has 0 spiro atoms. The molecule has 1 aliphatic carbocycles. The molecule has 19 heavy (non-hydrogen) atoms. The quantitative estimate of drug-likeness (QED) is 0.811. The van der Waals surface area contributed by atoms with Gasteiger partial charge in [-0.3, -0.25) is 4.79 Å². The van der Waals surface area contributed by atoms with Gasteiger partial charge in [0.05, 0.1) is 12.0 Å². The second-order valence-corrected chi connectivity index (χ2v) is 6.08. The molecular formula is C16H21NO2. The van der Waals surface area contributed by atoms with Crippen LogP contribution in [0.1, 0.15) is 37.7 Å². The SMILES string of the molecule is CC1CCC2NC(=O)C(c3ccccc3)C(O)C2C1. The van der Waals surface area contributed by atoms with E-state index in [0.29, 0.717) is 5.92 Å². The molecule has 1 aliphatic heterocycles. The maximum absolute atomic E-state index is 12.3. The van der Waals surface area contributed by atoms with Crippen LogP contribution >= 0.6 is 0 Å². The summed E-state index contributed by atoms with van der Waals surface area (Å²) in [7, 11) is 0. The van der Waals surface area contributed by atoms with Crippen molar-refractivity contribution in [3.8, 4) is 0 Å². The lowest BCUT2D eigenvalue weighted by Gasteiger charge is -2.44. The van der Waals surface area contributed by atoms with Crippen molar-refractivity contribution in [3.05, 3.63) is 35.9 Å². The van der Waals surface area contributed by atoms with Crippen LogP contribution in [0, 0.1) is 11.8 Å². The van der Waals surface area contributed by atoms with E-state index in [0.717, 1.165) is 24.8 Å². The number of rotatable bonds is 1. The Morgan fingerprint density at radius 1 is 1.21 bits per heavy atom. The zero-order valence-electron chi connectivity index (χ0n) is 11.3. The fraction of sp³-hybridized carbons (Fsp3) is 0.562. The summed E-state index contributed by atoms with van der Waals surface area (Å²) in [5.74, 6) is 0.413. The maximum atomic E-state index is 12.3. The third kappa shape index (κ3) is 2.27. The first-order valence-corrected chi connectivity index (χ1v) is 7.20. The Hall–Kier alpha value is -1.35. The van der Waals surface area contributed by atoms with Crippen LogP contribution in [0.15, 0.2) is 30.3 Å². The molecule has 1 aromatic carbocycles. The first-order valence-electron chi connectivity index (χ1n) is 7.20. The fourth-order valence-corrected chi connectivity index (χ4v) is 3.67. The average molecular weight is 259 g/mol. The maximum Gasteiger partial charge on any atom is 0.230 e. The number of benzene rings is 1. The minimum atomic E-state index is -0.552. The highest BCUT2D eigenvalue weighted by molar-refractivity contribution is 5.85. The van der Waals surface area contributed by atoms with Crippen LogP contribution in [0.2, 0.25) is 0 Å². The Balaban J connectivity index is 1.87. The Bertz CT molecular complexity index is 459. The summed E-state index contributed by atoms with van der Waals surface area (Å²) in [4.78, 5) is 12.3. The fourth-order valence-electron chi connectivity index (χ4n) is 3.67. The van der Waals surface area contributed by atoms with Gasteiger partial charge in [-0.1, -0.05) is 37.3 Å². The summed E-state index contributed by atoms with van der Waals surface area (Å²) in [5.41, 5.74) is 0.921. The van der Waals surface area contributed by atoms with E-state index in [9.17, 15) is 9.90 Å². The van der Waals surface area contributed by atoms with Gasteiger partial charge in [-0.2, -0.15) is 0 Å². The number of amides is 1. The van der Waals surface area contributed by atoms with Crippen molar-refractivity contribution in [2.45, 2.75) is 44.2 Å². The van der Waals surface area contributed by atoms with Crippen LogP contribution in [0.4, 0.5) is 0 Å². The summed E-state index contributed by atoms with van der Waals surface area (Å²) in [6, 6.07) is 9.80. The number of hydrogen-bond donors (Lipinski definition) is 2. The van der Waals surface area contributed by atoms with Crippen molar-refractivity contribution in [2.24, 2.45) is 11.8 Å². The van der Waals surface area contributed by atoms with Crippen LogP contribution in [-0.4, -0.2) is 23.2 Å². The summed E-state index contributed by atoms with van der Waals surface area (Å²) in [6.45, 7) is 2.23. The number of carbonyl (C=O) groups excluding carboxylic acids is 1. The van der Waals surface area contributed by atoms with Gasteiger partial charge in [0, 0.05) is 12.0 Å². The van der Waals surface area contributed by atoms with Gasteiger partial charge >= 0.3 is 0 Å². The highest BCUT2D eigenvalue weighted by Gasteiger charge is 2.45. The van der Waals surface area contributed by atoms with E-state index in [2.05, 4.69) is 12.2 Å². The summed E-state index contributed by atoms with van der Waals surface area (Å²) in [5, 5.41) is 13.8. The van der Waals surface area contributed by atoms with Crippen molar-refractivity contribution in [1.29, 1.82) is 0 Å². The highest BCUT2D eigenvalue weighted by Crippen LogP contribution is 2.39. The van der Waals surface area contributed by atoms with E-state index in [-0.39, 0.29) is 17.9 Å². The topological polar surface area (TPSA) is 49.3 Å². The molecule has 3 heteroatoms. The molecule has 2 aliphatic rings. The molecule has 1 amide bonds. The predicted octanol–water partition coefficient (Wildman–Crippen LogP) is 2.07. The zero-order valence-corrected chi connectivity index (χ0v) is 11.3. The summed E-state index contributed by atoms with van der Waals surface area (Å²) >= 11 is 0. The normalized spacial score (nSPS) is 38.4. The van der Waals surface area contributed by atoms with Crippen molar-refractivity contribution < 1.29 is 9.90 Å². The molecule has 5 unspecified atom stereocenters. The van der Waals surface area contributed by atoms with E-state index < -0.39 is 12.0 Å². The Morgan fingerprint density at radius 3 is 2.68 bits per heavy atom. The van der Waals surface area contributed by atoms with Crippen LogP contribution in [0.3, 0.4) is 0 Å². The molecule has 1 aromatic rings. The lowest BCUT2D eigenvalue weighted by atomic mass is 9.69. The van der Waals surface area contributed by atoms with Crippen molar-refractivity contribution in [3.63, 3.8) is 0 Å². The van der Waals surface area contributed by atoms with Gasteiger partial charge in [0.2, 0.25) is 5.91 Å². The van der Waals surface area contributed by atoms with E-state index in [1.807, 2.05) is 30.3 Å². The number of fused-ring (bicyclic) bond motifs is 1. The van der Waals surface area contributed by atoms with Gasteiger partial charge in [-0.05, 0) is 30.7 Å². The van der Waals surface area contributed by atoms with Crippen LogP contribution in [0.25, 0.3) is 0 Å². The highest BCUT2D eigenvalue weighted by atomic mass is 16.3. The molecule has 1 heterocycles. The second-order valence-electron chi connectivity index (χ2n) is 6.08. The molecule has 2 fully saturated rings. The monoisotopic (exact) mass is 259 g/mol. The summed E-state index contributed by atoms with van der Waals surface area (Å²) in [6.07, 6.45) is 2.60. The molecule has 3 rings (SSSR count). The number of hydrogen-bond acceptors (Lipinski definition) is 2. The van der Waals surface area contributed by atoms with Crippen molar-refractivity contribution in [1.82, 2.24) is 5.32 Å². The minimum absolute atomic E-state index is 0.0190. The smallest absolute Gasteiger partial charge is 0.230 e. The first kappa shape index (κ1) is 12.7. The van der Waals surface area contributed by atoms with Crippen LogP contribution < -0.4 is 5.32 Å². The molecular weight excluding hydrogens is 238 g/mol. The van der Waals surface area contributed by atoms with E-state index >= 15 is 0 Å². The van der Waals surface area contributed by atoms with E-state index in [1.54, 1.807) is 0 Å². The Morgan fingerprint density at radius 2 is 1.95 bits per heavy atom. The first-order chi connectivity index (χ1) is 9.16. The Labute approximate surface area is 114 Å². The van der Waals surface area contributed by atoms with Crippen molar-refractivity contribution in [2.75, 3.05) is 0 Å². The molecule has 0 radical (unpaired) electrons. The lowest BCUT2D eigenvalue weighted by molar-refractivity contribution is -0.133. The molecule has 0 aromatic heterocycles. The predicted molar refractivity (Wildman–Crippen MR) is 73.6 cm³/mol. The molecule has 2 N–H and O–H groups in total. The number of aliphatic hydroxyl groups excluding tert-OH is 1. The van der Waals surface area contributed by atoms with Gasteiger partial charge in [-0.15, -0.1) is 0 Å². The van der Waals surface area contributed by atoms with Crippen molar-refractivity contribution >= 4 is 5.91 Å². The van der Waals surface area contributed by atoms with Gasteiger partial charge in [0.25, 0.3) is 0 Å². The zero-order chi connectivity index (χ0) is 13.4. The van der Waals surface area contributed by atoms with Crippen LogP contribution in [-0.2, 0) is 4.79 Å². The number of piperidine rings is 1. The average Bonchev–Trinajstić information content (AvgIpc) is 2.41. The third-order valence-corrected chi connectivity index (χ3v) is 4.71. The van der Waals surface area contributed by atoms with Gasteiger partial charge in [0.1, 0.15) is 0 Å². The molecule has 0 bridgehead atoms. The van der Waals surface area contributed by atoms with Gasteiger partial charge in [0.15, 0.2) is 0 Å². The third-order valence-electron chi connectivity index (χ3n) is 4.71. The number of aliphatic hydroxyl groups is 1. The van der Waals surface area contributed by atoms with E-state index in [4.69, 9.17) is 0 Å². The molecule has 1 saturated heterocycles. The molecule has 102 valence electrons. The van der Waals surface area contributed by atoms with E-state index in [1.165, 1.54) is 0 Å². The van der Waals surface area contributed by atoms with Gasteiger partial charge in [-0.25, -0.2) is 0 Å².